The van der Waals surface area contributed by atoms with Gasteiger partial charge in [0.25, 0.3) is 0 Å². The molecule has 1 fully saturated rings. The van der Waals surface area contributed by atoms with Crippen LogP contribution in [0, 0.1) is 23.7 Å². The maximum atomic E-state index is 12.4. The summed E-state index contributed by atoms with van der Waals surface area (Å²) in [6.45, 7) is -1.19. The van der Waals surface area contributed by atoms with E-state index in [0.29, 0.717) is 12.0 Å². The van der Waals surface area contributed by atoms with Crippen LogP contribution in [0.25, 0.3) is 0 Å². The van der Waals surface area contributed by atoms with Crippen molar-refractivity contribution in [2.24, 2.45) is 23.7 Å². The molecule has 1 aromatic rings. The Balaban J connectivity index is 1.55. The van der Waals surface area contributed by atoms with E-state index in [4.69, 9.17) is 0 Å². The monoisotopic (exact) mass is 369 g/mol. The van der Waals surface area contributed by atoms with Crippen LogP contribution in [0.1, 0.15) is 12.0 Å². The molecule has 0 radical (unpaired) electrons. The summed E-state index contributed by atoms with van der Waals surface area (Å²) in [5, 5.41) is 12.1. The highest BCUT2D eigenvalue weighted by Crippen LogP contribution is 2.48. The van der Waals surface area contributed by atoms with Crippen molar-refractivity contribution in [3.05, 3.63) is 42.0 Å². The molecule has 4 atom stereocenters. The molecule has 0 spiro atoms. The lowest BCUT2D eigenvalue weighted by atomic mass is 9.82. The van der Waals surface area contributed by atoms with Crippen LogP contribution >= 0.6 is 0 Å². The molecule has 8 heteroatoms. The standard InChI is InChI=1S/C18H18F3NO4/c19-18(20,21)9-26-13-5-1-10(2-6-13)8-22-16(23)14-11-3-4-12(7-11)15(14)17(24)25/h1-6,11-12,14-15H,7-9H2,(H,22,23)(H,24,25). The number of carbonyl (C=O) groups excluding carboxylic acids is 1. The number of benzene rings is 1. The first-order valence-electron chi connectivity index (χ1n) is 8.22. The van der Waals surface area contributed by atoms with Crippen molar-refractivity contribution < 1.29 is 32.6 Å². The average molecular weight is 369 g/mol. The first-order chi connectivity index (χ1) is 12.2. The number of alkyl halides is 3. The molecule has 2 aliphatic rings. The van der Waals surface area contributed by atoms with Gasteiger partial charge in [0.05, 0.1) is 11.8 Å². The van der Waals surface area contributed by atoms with Crippen LogP contribution in [0.2, 0.25) is 0 Å². The van der Waals surface area contributed by atoms with Crippen molar-refractivity contribution in [3.63, 3.8) is 0 Å². The molecule has 4 unspecified atom stereocenters. The highest BCUT2D eigenvalue weighted by molar-refractivity contribution is 5.86. The predicted octanol–water partition coefficient (Wildman–Crippen LogP) is 2.77. The minimum atomic E-state index is -4.40. The summed E-state index contributed by atoms with van der Waals surface area (Å²) >= 11 is 0. The number of nitrogens with one attached hydrogen (secondary N) is 1. The second-order valence-corrected chi connectivity index (χ2v) is 6.60. The van der Waals surface area contributed by atoms with Crippen LogP contribution in [0.4, 0.5) is 13.2 Å². The summed E-state index contributed by atoms with van der Waals surface area (Å²) in [5.74, 6) is -2.64. The van der Waals surface area contributed by atoms with E-state index in [-0.39, 0.29) is 30.0 Å². The van der Waals surface area contributed by atoms with Crippen molar-refractivity contribution in [3.8, 4) is 5.75 Å². The lowest BCUT2D eigenvalue weighted by Gasteiger charge is -2.23. The second kappa shape index (κ2) is 7.01. The average Bonchev–Trinajstić information content (AvgIpc) is 3.19. The van der Waals surface area contributed by atoms with Gasteiger partial charge in [-0.15, -0.1) is 0 Å². The highest BCUT2D eigenvalue weighted by atomic mass is 19.4. The topological polar surface area (TPSA) is 75.6 Å². The van der Waals surface area contributed by atoms with Gasteiger partial charge in [0, 0.05) is 6.54 Å². The van der Waals surface area contributed by atoms with Gasteiger partial charge in [0.2, 0.25) is 5.91 Å². The van der Waals surface area contributed by atoms with Crippen LogP contribution in [0.5, 0.6) is 5.75 Å². The molecule has 2 aliphatic carbocycles. The van der Waals surface area contributed by atoms with E-state index in [1.54, 1.807) is 12.1 Å². The van der Waals surface area contributed by atoms with E-state index in [0.717, 1.165) is 0 Å². The van der Waals surface area contributed by atoms with Gasteiger partial charge in [0.1, 0.15) is 5.75 Å². The number of aliphatic carboxylic acids is 1. The number of rotatable bonds is 6. The number of fused-ring (bicyclic) bond motifs is 2. The Kier molecular flexibility index (Phi) is 4.93. The molecular formula is C18H18F3NO4. The van der Waals surface area contributed by atoms with Crippen molar-refractivity contribution in [1.82, 2.24) is 5.32 Å². The Bertz CT molecular complexity index is 714. The molecule has 2 bridgehead atoms. The number of hydrogen-bond acceptors (Lipinski definition) is 3. The molecule has 0 saturated heterocycles. The minimum Gasteiger partial charge on any atom is -0.484 e. The molecule has 3 rings (SSSR count). The van der Waals surface area contributed by atoms with Crippen molar-refractivity contribution >= 4 is 11.9 Å². The number of ether oxygens (including phenoxy) is 1. The van der Waals surface area contributed by atoms with E-state index in [1.807, 2.05) is 12.2 Å². The Labute approximate surface area is 147 Å². The maximum absolute atomic E-state index is 12.4. The Morgan fingerprint density at radius 2 is 1.73 bits per heavy atom. The zero-order chi connectivity index (χ0) is 18.9. The molecule has 0 aromatic heterocycles. The third kappa shape index (κ3) is 4.00. The molecule has 1 aromatic carbocycles. The fourth-order valence-electron chi connectivity index (χ4n) is 3.69. The van der Waals surface area contributed by atoms with Gasteiger partial charge in [-0.2, -0.15) is 13.2 Å². The number of allylic oxidation sites excluding steroid dienone is 2. The fourth-order valence-corrected chi connectivity index (χ4v) is 3.69. The first kappa shape index (κ1) is 18.3. The quantitative estimate of drug-likeness (QED) is 0.756. The zero-order valence-electron chi connectivity index (χ0n) is 13.7. The van der Waals surface area contributed by atoms with E-state index in [1.165, 1.54) is 12.1 Å². The normalized spacial score (nSPS) is 26.7. The number of carboxylic acids is 1. The molecule has 1 amide bonds. The van der Waals surface area contributed by atoms with Gasteiger partial charge in [0.15, 0.2) is 6.61 Å². The van der Waals surface area contributed by atoms with E-state index in [2.05, 4.69) is 10.1 Å². The smallest absolute Gasteiger partial charge is 0.422 e. The molecule has 0 aliphatic heterocycles. The third-order valence-corrected chi connectivity index (χ3v) is 4.84. The molecule has 5 nitrogen and oxygen atoms in total. The van der Waals surface area contributed by atoms with E-state index in [9.17, 15) is 27.9 Å². The molecule has 140 valence electrons. The first-order valence-corrected chi connectivity index (χ1v) is 8.22. The van der Waals surface area contributed by atoms with E-state index < -0.39 is 30.6 Å². The number of carbonyl (C=O) groups is 2. The largest absolute Gasteiger partial charge is 0.484 e. The Morgan fingerprint density at radius 3 is 2.31 bits per heavy atom. The van der Waals surface area contributed by atoms with Gasteiger partial charge < -0.3 is 15.2 Å². The maximum Gasteiger partial charge on any atom is 0.422 e. The predicted molar refractivity (Wildman–Crippen MR) is 85.2 cm³/mol. The van der Waals surface area contributed by atoms with Crippen molar-refractivity contribution in [2.45, 2.75) is 19.1 Å². The molecule has 26 heavy (non-hydrogen) atoms. The Hall–Kier alpha value is -2.51. The van der Waals surface area contributed by atoms with Crippen LogP contribution < -0.4 is 10.1 Å². The van der Waals surface area contributed by atoms with Gasteiger partial charge in [-0.25, -0.2) is 0 Å². The minimum absolute atomic E-state index is 0.0563. The number of halogens is 3. The number of carboxylic acid groups (broad SMARTS) is 1. The lowest BCUT2D eigenvalue weighted by Crippen LogP contribution is -2.39. The fraction of sp³-hybridized carbons (Fsp3) is 0.444. The van der Waals surface area contributed by atoms with E-state index >= 15 is 0 Å². The second-order valence-electron chi connectivity index (χ2n) is 6.60. The highest BCUT2D eigenvalue weighted by Gasteiger charge is 2.51. The van der Waals surface area contributed by atoms with Gasteiger partial charge in [-0.1, -0.05) is 24.3 Å². The molecular weight excluding hydrogens is 351 g/mol. The van der Waals surface area contributed by atoms with Crippen LogP contribution in [0.3, 0.4) is 0 Å². The van der Waals surface area contributed by atoms with Crippen molar-refractivity contribution in [1.29, 1.82) is 0 Å². The summed E-state index contributed by atoms with van der Waals surface area (Å²) in [6, 6.07) is 5.91. The number of amides is 1. The molecule has 1 saturated carbocycles. The lowest BCUT2D eigenvalue weighted by molar-refractivity contribution is -0.153. The van der Waals surface area contributed by atoms with Gasteiger partial charge in [-0.3, -0.25) is 9.59 Å². The zero-order valence-corrected chi connectivity index (χ0v) is 13.7. The van der Waals surface area contributed by atoms with Gasteiger partial charge in [-0.05, 0) is 36.0 Å². The molecule has 2 N–H and O–H groups in total. The SMILES string of the molecule is O=C(O)C1C2C=CC(C2)C1C(=O)NCc1ccc(OCC(F)(F)F)cc1. The van der Waals surface area contributed by atoms with Crippen LogP contribution in [0.15, 0.2) is 36.4 Å². The number of hydrogen-bond donors (Lipinski definition) is 2. The van der Waals surface area contributed by atoms with Gasteiger partial charge >= 0.3 is 12.1 Å². The summed E-state index contributed by atoms with van der Waals surface area (Å²) in [6.07, 6.45) is 0.0524. The summed E-state index contributed by atoms with van der Waals surface area (Å²) in [5.41, 5.74) is 0.684. The van der Waals surface area contributed by atoms with Crippen LogP contribution in [-0.4, -0.2) is 29.8 Å². The summed E-state index contributed by atoms with van der Waals surface area (Å²) in [7, 11) is 0. The summed E-state index contributed by atoms with van der Waals surface area (Å²) in [4.78, 5) is 23.9. The molecule has 0 heterocycles. The Morgan fingerprint density at radius 1 is 1.12 bits per heavy atom. The third-order valence-electron chi connectivity index (χ3n) is 4.84. The van der Waals surface area contributed by atoms with Crippen molar-refractivity contribution in [2.75, 3.05) is 6.61 Å². The summed E-state index contributed by atoms with van der Waals surface area (Å²) < 4.78 is 41.0. The van der Waals surface area contributed by atoms with Crippen LogP contribution in [-0.2, 0) is 16.1 Å².